The second kappa shape index (κ2) is 6.57. The van der Waals surface area contributed by atoms with Crippen LogP contribution in [-0.4, -0.2) is 4.92 Å². The van der Waals surface area contributed by atoms with Crippen molar-refractivity contribution in [1.82, 2.24) is 0 Å². The zero-order valence-electron chi connectivity index (χ0n) is 15.8. The van der Waals surface area contributed by atoms with Gasteiger partial charge in [-0.25, -0.2) is 0 Å². The van der Waals surface area contributed by atoms with Gasteiger partial charge in [0.05, 0.1) is 11.0 Å². The first-order valence-corrected chi connectivity index (χ1v) is 10.2. The Kier molecular flexibility index (Phi) is 4.14. The van der Waals surface area contributed by atoms with E-state index in [9.17, 15) is 10.1 Å². The van der Waals surface area contributed by atoms with Crippen LogP contribution in [0.25, 0.3) is 0 Å². The summed E-state index contributed by atoms with van der Waals surface area (Å²) in [5, 5.41) is 11.5. The zero-order chi connectivity index (χ0) is 19.3. The van der Waals surface area contributed by atoms with Crippen LogP contribution in [0.4, 0.5) is 10.1 Å². The fourth-order valence-electron chi connectivity index (χ4n) is 6.37. The minimum atomic E-state index is -0.654. The molecule has 0 saturated heterocycles. The zero-order valence-corrected chi connectivity index (χ0v) is 15.8. The van der Waals surface area contributed by atoms with Gasteiger partial charge in [-0.1, -0.05) is 30.3 Å². The van der Waals surface area contributed by atoms with Crippen molar-refractivity contribution in [2.45, 2.75) is 50.5 Å². The molecule has 4 fully saturated rings. The van der Waals surface area contributed by atoms with Crippen LogP contribution < -0.4 is 4.74 Å². The molecular formula is C23H24FNO3. The Balaban J connectivity index is 1.52. The molecule has 0 N–H and O–H groups in total. The lowest BCUT2D eigenvalue weighted by molar-refractivity contribution is -0.387. The average molecular weight is 381 g/mol. The van der Waals surface area contributed by atoms with Crippen LogP contribution in [0.15, 0.2) is 42.5 Å². The topological polar surface area (TPSA) is 52.4 Å². The van der Waals surface area contributed by atoms with Crippen molar-refractivity contribution in [3.8, 4) is 5.75 Å². The van der Waals surface area contributed by atoms with Crippen molar-refractivity contribution in [2.24, 2.45) is 17.8 Å². The lowest BCUT2D eigenvalue weighted by Gasteiger charge is -2.57. The monoisotopic (exact) mass is 381 g/mol. The van der Waals surface area contributed by atoms with Gasteiger partial charge in [0.25, 0.3) is 0 Å². The Morgan fingerprint density at radius 3 is 2.21 bits per heavy atom. The molecule has 4 saturated carbocycles. The Morgan fingerprint density at radius 2 is 1.64 bits per heavy atom. The van der Waals surface area contributed by atoms with E-state index in [2.05, 4.69) is 0 Å². The number of nitro benzene ring substituents is 1. The van der Waals surface area contributed by atoms with Gasteiger partial charge >= 0.3 is 5.69 Å². The average Bonchev–Trinajstić information content (AvgIpc) is 2.66. The van der Waals surface area contributed by atoms with Gasteiger partial charge in [-0.2, -0.15) is 4.39 Å². The molecule has 28 heavy (non-hydrogen) atoms. The molecular weight excluding hydrogens is 357 g/mol. The summed E-state index contributed by atoms with van der Waals surface area (Å²) in [6, 6.07) is 12.6. The van der Waals surface area contributed by atoms with Crippen molar-refractivity contribution >= 4 is 5.69 Å². The van der Waals surface area contributed by atoms with Gasteiger partial charge in [-0.3, -0.25) is 10.1 Å². The molecule has 0 atom stereocenters. The van der Waals surface area contributed by atoms with Gasteiger partial charge in [-0.05, 0) is 73.3 Å². The molecule has 4 aliphatic rings. The lowest BCUT2D eigenvalue weighted by Crippen LogP contribution is -2.49. The third-order valence-electron chi connectivity index (χ3n) is 7.08. The highest BCUT2D eigenvalue weighted by Gasteiger charge is 2.53. The number of nitrogens with zero attached hydrogens (tertiary/aromatic N) is 1. The normalized spacial score (nSPS) is 30.4. The molecule has 0 radical (unpaired) electrons. The molecule has 0 unspecified atom stereocenters. The van der Waals surface area contributed by atoms with Crippen molar-refractivity contribution < 1.29 is 14.1 Å². The molecule has 2 aromatic carbocycles. The highest BCUT2D eigenvalue weighted by Crippen LogP contribution is 2.61. The number of rotatable bonds is 5. The van der Waals surface area contributed by atoms with Crippen LogP contribution in [0.1, 0.15) is 49.7 Å². The smallest absolute Gasteiger partial charge is 0.308 e. The number of hydrogen-bond acceptors (Lipinski definition) is 3. The fraction of sp³-hybridized carbons (Fsp3) is 0.478. The first kappa shape index (κ1) is 17.7. The van der Waals surface area contributed by atoms with Crippen LogP contribution in [0.5, 0.6) is 5.75 Å². The van der Waals surface area contributed by atoms with E-state index in [0.717, 1.165) is 24.8 Å². The summed E-state index contributed by atoms with van der Waals surface area (Å²) in [4.78, 5) is 10.9. The van der Waals surface area contributed by atoms with E-state index in [1.807, 2.05) is 30.3 Å². The fourth-order valence-corrected chi connectivity index (χ4v) is 6.37. The van der Waals surface area contributed by atoms with E-state index in [4.69, 9.17) is 4.74 Å². The van der Waals surface area contributed by atoms with Gasteiger partial charge in [0.1, 0.15) is 12.4 Å². The van der Waals surface area contributed by atoms with E-state index < -0.39 is 16.4 Å². The Hall–Kier alpha value is -2.43. The van der Waals surface area contributed by atoms with Crippen molar-refractivity contribution in [1.29, 1.82) is 0 Å². The number of benzene rings is 2. The number of halogens is 1. The Bertz CT molecular complexity index is 876. The first-order chi connectivity index (χ1) is 13.5. The molecule has 0 amide bonds. The van der Waals surface area contributed by atoms with Crippen LogP contribution in [0, 0.1) is 33.7 Å². The van der Waals surface area contributed by atoms with Crippen molar-refractivity contribution in [3.63, 3.8) is 0 Å². The minimum absolute atomic E-state index is 0.254. The maximum absolute atomic E-state index is 15.3. The van der Waals surface area contributed by atoms with Gasteiger partial charge < -0.3 is 4.74 Å². The Morgan fingerprint density at radius 1 is 1.04 bits per heavy atom. The second-order valence-corrected chi connectivity index (χ2v) is 9.03. The molecule has 0 heterocycles. The Labute approximate surface area is 163 Å². The summed E-state index contributed by atoms with van der Waals surface area (Å²) in [5.41, 5.74) is 0.779. The van der Waals surface area contributed by atoms with Crippen LogP contribution in [-0.2, 0) is 12.0 Å². The predicted molar refractivity (Wildman–Crippen MR) is 104 cm³/mol. The quantitative estimate of drug-likeness (QED) is 0.487. The molecule has 4 aliphatic carbocycles. The SMILES string of the molecule is O=[N+]([O-])c1cc(OCc2ccccc2)cc(C23CC4CC(CC(C4)C2)C3)c1F. The van der Waals surface area contributed by atoms with E-state index >= 15 is 4.39 Å². The summed E-state index contributed by atoms with van der Waals surface area (Å²) < 4.78 is 21.1. The highest BCUT2D eigenvalue weighted by atomic mass is 19.1. The van der Waals surface area contributed by atoms with Crippen molar-refractivity contribution in [3.05, 3.63) is 69.5 Å². The van der Waals surface area contributed by atoms with Crippen LogP contribution >= 0.6 is 0 Å². The number of ether oxygens (including phenoxy) is 1. The van der Waals surface area contributed by atoms with Gasteiger partial charge in [-0.15, -0.1) is 0 Å². The molecule has 0 aromatic heterocycles. The summed E-state index contributed by atoms with van der Waals surface area (Å²) in [6.45, 7) is 0.309. The summed E-state index contributed by atoms with van der Waals surface area (Å²) >= 11 is 0. The summed E-state index contributed by atoms with van der Waals surface area (Å²) in [5.74, 6) is 1.65. The molecule has 4 bridgehead atoms. The molecule has 6 rings (SSSR count). The first-order valence-electron chi connectivity index (χ1n) is 10.2. The van der Waals surface area contributed by atoms with Crippen LogP contribution in [0.3, 0.4) is 0 Å². The molecule has 5 heteroatoms. The standard InChI is InChI=1S/C23H24FNO3/c24-22-20(23-11-16-6-17(12-23)8-18(7-16)13-23)9-19(10-21(22)25(26)27)28-14-15-4-2-1-3-5-15/h1-5,9-10,16-18H,6-8,11-14H2. The predicted octanol–water partition coefficient (Wildman–Crippen LogP) is 5.78. The number of hydrogen-bond donors (Lipinski definition) is 0. The maximum atomic E-state index is 15.3. The largest absolute Gasteiger partial charge is 0.489 e. The van der Waals surface area contributed by atoms with E-state index in [1.165, 1.54) is 25.3 Å². The molecule has 4 nitrogen and oxygen atoms in total. The molecule has 146 valence electrons. The van der Waals surface area contributed by atoms with Gasteiger partial charge in [0, 0.05) is 5.56 Å². The third-order valence-corrected chi connectivity index (χ3v) is 7.08. The van der Waals surface area contributed by atoms with E-state index in [1.54, 1.807) is 6.07 Å². The van der Waals surface area contributed by atoms with Gasteiger partial charge in [0.15, 0.2) is 0 Å². The summed E-state index contributed by atoms with van der Waals surface area (Å²) in [7, 11) is 0. The van der Waals surface area contributed by atoms with Crippen molar-refractivity contribution in [2.75, 3.05) is 0 Å². The third kappa shape index (κ3) is 2.97. The van der Waals surface area contributed by atoms with E-state index in [-0.39, 0.29) is 5.41 Å². The second-order valence-electron chi connectivity index (χ2n) is 9.03. The van der Waals surface area contributed by atoms with Gasteiger partial charge in [0.2, 0.25) is 5.82 Å². The van der Waals surface area contributed by atoms with E-state index in [0.29, 0.717) is 35.7 Å². The van der Waals surface area contributed by atoms with Crippen LogP contribution in [0.2, 0.25) is 0 Å². The molecule has 0 aliphatic heterocycles. The highest BCUT2D eigenvalue weighted by molar-refractivity contribution is 5.48. The molecule has 2 aromatic rings. The lowest BCUT2D eigenvalue weighted by atomic mass is 9.48. The minimum Gasteiger partial charge on any atom is -0.489 e. The molecule has 0 spiro atoms. The number of nitro groups is 1. The maximum Gasteiger partial charge on any atom is 0.308 e. The summed E-state index contributed by atoms with van der Waals surface area (Å²) in [6.07, 6.45) is 6.59.